The second-order valence-corrected chi connectivity index (χ2v) is 7.84. The smallest absolute Gasteiger partial charge is 0.407 e. The van der Waals surface area contributed by atoms with Crippen molar-refractivity contribution in [1.29, 1.82) is 0 Å². The van der Waals surface area contributed by atoms with Gasteiger partial charge in [-0.15, -0.1) is 6.42 Å². The molecule has 0 bridgehead atoms. The predicted molar refractivity (Wildman–Crippen MR) is 126 cm³/mol. The zero-order valence-electron chi connectivity index (χ0n) is 19.0. The molecule has 2 aromatic rings. The van der Waals surface area contributed by atoms with Crippen molar-refractivity contribution in [2.75, 3.05) is 32.8 Å². The third-order valence-electron chi connectivity index (χ3n) is 5.58. The van der Waals surface area contributed by atoms with Crippen LogP contribution in [0.25, 0.3) is 11.1 Å². The predicted octanol–water partition coefficient (Wildman–Crippen LogP) is 2.87. The Balaban J connectivity index is 1.55. The summed E-state index contributed by atoms with van der Waals surface area (Å²) < 4.78 is 11.1. The molecule has 0 fully saturated rings. The molecule has 0 heterocycles. The van der Waals surface area contributed by atoms with Crippen molar-refractivity contribution < 1.29 is 29.0 Å². The molecule has 0 saturated heterocycles. The zero-order chi connectivity index (χ0) is 24.5. The Morgan fingerprint density at radius 1 is 1.12 bits per heavy atom. The van der Waals surface area contributed by atoms with E-state index < -0.39 is 30.6 Å². The molecule has 34 heavy (non-hydrogen) atoms. The number of rotatable bonds is 11. The van der Waals surface area contributed by atoms with Gasteiger partial charge in [0, 0.05) is 19.1 Å². The first-order valence-electron chi connectivity index (χ1n) is 11.1. The van der Waals surface area contributed by atoms with Crippen LogP contribution >= 0.6 is 0 Å². The van der Waals surface area contributed by atoms with E-state index in [0.717, 1.165) is 27.2 Å². The number of amides is 2. The summed E-state index contributed by atoms with van der Waals surface area (Å²) in [6.07, 6.45) is 3.85. The van der Waals surface area contributed by atoms with E-state index in [4.69, 9.17) is 21.0 Å². The van der Waals surface area contributed by atoms with E-state index >= 15 is 0 Å². The molecule has 8 heteroatoms. The van der Waals surface area contributed by atoms with Crippen LogP contribution in [0.3, 0.4) is 0 Å². The van der Waals surface area contributed by atoms with E-state index in [9.17, 15) is 14.4 Å². The standard InChI is InChI=1S/C26H28N2O6/c1-3-13-28(16-25(30)31)24(29)14-18(33-4-2)15-27-26(32)34-17-23-21-11-7-5-9-19(21)20-10-6-8-12-22(20)23/h1,5-12,18,23H,4,13-17H2,2H3,(H,27,32)(H,30,31). The van der Waals surface area contributed by atoms with Crippen molar-refractivity contribution in [3.05, 3.63) is 59.7 Å². The van der Waals surface area contributed by atoms with Gasteiger partial charge in [0.2, 0.25) is 5.91 Å². The number of carboxylic acid groups (broad SMARTS) is 1. The van der Waals surface area contributed by atoms with Crippen LogP contribution in [0.2, 0.25) is 0 Å². The minimum atomic E-state index is -1.16. The highest BCUT2D eigenvalue weighted by Gasteiger charge is 2.29. The number of ether oxygens (including phenoxy) is 2. The molecule has 8 nitrogen and oxygen atoms in total. The van der Waals surface area contributed by atoms with E-state index in [1.807, 2.05) is 36.4 Å². The minimum Gasteiger partial charge on any atom is -0.480 e. The topological polar surface area (TPSA) is 105 Å². The van der Waals surface area contributed by atoms with Crippen molar-refractivity contribution in [2.24, 2.45) is 0 Å². The summed E-state index contributed by atoms with van der Waals surface area (Å²) in [4.78, 5) is 36.9. The highest BCUT2D eigenvalue weighted by Crippen LogP contribution is 2.44. The van der Waals surface area contributed by atoms with Crippen LogP contribution in [0.1, 0.15) is 30.4 Å². The normalized spacial score (nSPS) is 12.7. The number of fused-ring (bicyclic) bond motifs is 3. The lowest BCUT2D eigenvalue weighted by Crippen LogP contribution is -2.41. The fraction of sp³-hybridized carbons (Fsp3) is 0.346. The SMILES string of the molecule is C#CCN(CC(=O)O)C(=O)CC(CNC(=O)OCC1c2ccccc2-c2ccccc21)OCC. The molecule has 0 spiro atoms. The number of hydrogen-bond acceptors (Lipinski definition) is 5. The van der Waals surface area contributed by atoms with Crippen molar-refractivity contribution in [3.8, 4) is 23.5 Å². The molecular formula is C26H28N2O6. The first kappa shape index (κ1) is 24.8. The van der Waals surface area contributed by atoms with Crippen LogP contribution in [0.15, 0.2) is 48.5 Å². The first-order chi connectivity index (χ1) is 16.4. The van der Waals surface area contributed by atoms with Crippen LogP contribution in [-0.4, -0.2) is 66.9 Å². The molecule has 2 amide bonds. The Morgan fingerprint density at radius 2 is 1.74 bits per heavy atom. The monoisotopic (exact) mass is 464 g/mol. The second kappa shape index (κ2) is 11.9. The van der Waals surface area contributed by atoms with E-state index in [1.165, 1.54) is 0 Å². The maximum absolute atomic E-state index is 12.5. The first-order valence-corrected chi connectivity index (χ1v) is 11.1. The molecule has 2 aromatic carbocycles. The Kier molecular flexibility index (Phi) is 8.66. The zero-order valence-corrected chi connectivity index (χ0v) is 19.0. The third-order valence-corrected chi connectivity index (χ3v) is 5.58. The van der Waals surface area contributed by atoms with Gasteiger partial charge in [-0.25, -0.2) is 4.79 Å². The van der Waals surface area contributed by atoms with Gasteiger partial charge < -0.3 is 24.8 Å². The largest absolute Gasteiger partial charge is 0.480 e. The number of nitrogens with zero attached hydrogens (tertiary/aromatic N) is 1. The number of terminal acetylenes is 1. The molecule has 2 N–H and O–H groups in total. The Morgan fingerprint density at radius 3 is 2.29 bits per heavy atom. The van der Waals surface area contributed by atoms with Crippen molar-refractivity contribution in [2.45, 2.75) is 25.4 Å². The second-order valence-electron chi connectivity index (χ2n) is 7.84. The number of nitrogens with one attached hydrogen (secondary N) is 1. The van der Waals surface area contributed by atoms with Gasteiger partial charge in [0.05, 0.1) is 19.1 Å². The molecule has 178 valence electrons. The number of aliphatic carboxylic acids is 1. The average Bonchev–Trinajstić information content (AvgIpc) is 3.14. The van der Waals surface area contributed by atoms with Gasteiger partial charge in [-0.2, -0.15) is 0 Å². The van der Waals surface area contributed by atoms with Crippen LogP contribution in [0.4, 0.5) is 4.79 Å². The van der Waals surface area contributed by atoms with Crippen molar-refractivity contribution in [3.63, 3.8) is 0 Å². The molecule has 0 aliphatic heterocycles. The summed E-state index contributed by atoms with van der Waals surface area (Å²) in [5.74, 6) is 0.595. The number of carbonyl (C=O) groups excluding carboxylic acids is 2. The van der Waals surface area contributed by atoms with E-state index in [1.54, 1.807) is 6.92 Å². The summed E-state index contributed by atoms with van der Waals surface area (Å²) in [5, 5.41) is 11.6. The van der Waals surface area contributed by atoms with Crippen LogP contribution in [-0.2, 0) is 19.1 Å². The lowest BCUT2D eigenvalue weighted by atomic mass is 9.98. The number of benzene rings is 2. The third kappa shape index (κ3) is 6.15. The minimum absolute atomic E-state index is 0.0349. The van der Waals surface area contributed by atoms with Crippen LogP contribution < -0.4 is 5.32 Å². The molecule has 0 saturated carbocycles. The van der Waals surface area contributed by atoms with Gasteiger partial charge in [-0.3, -0.25) is 9.59 Å². The van der Waals surface area contributed by atoms with Crippen LogP contribution in [0.5, 0.6) is 0 Å². The van der Waals surface area contributed by atoms with Gasteiger partial charge in [-0.05, 0) is 29.2 Å². The highest BCUT2D eigenvalue weighted by molar-refractivity contribution is 5.82. The van der Waals surface area contributed by atoms with Gasteiger partial charge in [0.25, 0.3) is 0 Å². The molecule has 1 aliphatic carbocycles. The number of hydrogen-bond donors (Lipinski definition) is 2. The van der Waals surface area contributed by atoms with E-state index in [-0.39, 0.29) is 32.0 Å². The van der Waals surface area contributed by atoms with Crippen LogP contribution in [0, 0.1) is 12.3 Å². The molecule has 0 radical (unpaired) electrons. The quantitative estimate of drug-likeness (QED) is 0.496. The maximum atomic E-state index is 12.5. The molecule has 1 aliphatic rings. The fourth-order valence-corrected chi connectivity index (χ4v) is 4.10. The van der Waals surface area contributed by atoms with Gasteiger partial charge >= 0.3 is 12.1 Å². The summed E-state index contributed by atoms with van der Waals surface area (Å²) in [6.45, 7) is 1.67. The molecular weight excluding hydrogens is 436 g/mol. The number of carboxylic acids is 1. The Hall–Kier alpha value is -3.83. The summed E-state index contributed by atoms with van der Waals surface area (Å²) in [7, 11) is 0. The Bertz CT molecular complexity index is 1030. The van der Waals surface area contributed by atoms with E-state index in [2.05, 4.69) is 23.4 Å². The molecule has 1 atom stereocenters. The lowest BCUT2D eigenvalue weighted by molar-refractivity contribution is -0.145. The summed E-state index contributed by atoms with van der Waals surface area (Å²) in [6, 6.07) is 16.1. The summed E-state index contributed by atoms with van der Waals surface area (Å²) in [5.41, 5.74) is 4.50. The average molecular weight is 465 g/mol. The molecule has 3 rings (SSSR count). The fourth-order valence-electron chi connectivity index (χ4n) is 4.10. The maximum Gasteiger partial charge on any atom is 0.407 e. The van der Waals surface area contributed by atoms with Gasteiger partial charge in [-0.1, -0.05) is 54.5 Å². The van der Waals surface area contributed by atoms with Crippen molar-refractivity contribution in [1.82, 2.24) is 10.2 Å². The van der Waals surface area contributed by atoms with Gasteiger partial charge in [0.15, 0.2) is 0 Å². The highest BCUT2D eigenvalue weighted by atomic mass is 16.5. The number of alkyl carbamates (subject to hydrolysis) is 1. The molecule has 1 unspecified atom stereocenters. The Labute approximate surface area is 198 Å². The summed E-state index contributed by atoms with van der Waals surface area (Å²) >= 11 is 0. The molecule has 0 aromatic heterocycles. The van der Waals surface area contributed by atoms with E-state index in [0.29, 0.717) is 6.61 Å². The number of carbonyl (C=O) groups is 3. The van der Waals surface area contributed by atoms with Crippen molar-refractivity contribution >= 4 is 18.0 Å². The van der Waals surface area contributed by atoms with Gasteiger partial charge in [0.1, 0.15) is 13.2 Å². The lowest BCUT2D eigenvalue weighted by Gasteiger charge is -2.22.